The zero-order valence-corrected chi connectivity index (χ0v) is 16.5. The molecule has 2 aromatic carbocycles. The van der Waals surface area contributed by atoms with Crippen LogP contribution < -0.4 is 16.6 Å². The van der Waals surface area contributed by atoms with Crippen LogP contribution in [0.3, 0.4) is 0 Å². The Hall–Kier alpha value is -3.00. The molecule has 1 N–H and O–H groups in total. The molecule has 0 saturated carbocycles. The first kappa shape index (κ1) is 20.7. The number of amides is 1. The van der Waals surface area contributed by atoms with Crippen LogP contribution in [0.1, 0.15) is 13.8 Å². The van der Waals surface area contributed by atoms with E-state index in [0.29, 0.717) is 17.2 Å². The maximum Gasteiger partial charge on any atom is 0.336 e. The Bertz CT molecular complexity index is 1220. The van der Waals surface area contributed by atoms with E-state index in [-0.39, 0.29) is 21.8 Å². The van der Waals surface area contributed by atoms with Gasteiger partial charge >= 0.3 is 5.69 Å². The molecule has 0 spiro atoms. The summed E-state index contributed by atoms with van der Waals surface area (Å²) in [6, 6.07) is 6.74. The van der Waals surface area contributed by atoms with E-state index in [0.717, 1.165) is 16.7 Å². The van der Waals surface area contributed by atoms with Gasteiger partial charge in [0.05, 0.1) is 16.6 Å². The summed E-state index contributed by atoms with van der Waals surface area (Å²) in [5.74, 6) is -2.18. The smallest absolute Gasteiger partial charge is 0.336 e. The molecule has 0 atom stereocenters. The Balaban J connectivity index is 2.26. The lowest BCUT2D eigenvalue weighted by Crippen LogP contribution is -2.42. The van der Waals surface area contributed by atoms with Gasteiger partial charge in [-0.05, 0) is 36.2 Å². The van der Waals surface area contributed by atoms with Crippen molar-refractivity contribution < 1.29 is 13.6 Å². The van der Waals surface area contributed by atoms with Gasteiger partial charge in [0.2, 0.25) is 5.91 Å². The fraction of sp³-hybridized carbons (Fsp3) is 0.250. The molecule has 1 heterocycles. The lowest BCUT2D eigenvalue weighted by atomic mass is 10.2. The van der Waals surface area contributed by atoms with Gasteiger partial charge in [-0.3, -0.25) is 14.2 Å². The highest BCUT2D eigenvalue weighted by Gasteiger charge is 2.19. The number of carbonyl (C=O) groups is 1. The summed E-state index contributed by atoms with van der Waals surface area (Å²) >= 11 is 6.01. The predicted molar refractivity (Wildman–Crippen MR) is 107 cm³/mol. The van der Waals surface area contributed by atoms with Crippen molar-refractivity contribution in [3.8, 4) is 5.69 Å². The monoisotopic (exact) mass is 421 g/mol. The van der Waals surface area contributed by atoms with Gasteiger partial charge in [-0.15, -0.1) is 0 Å². The van der Waals surface area contributed by atoms with E-state index in [2.05, 4.69) is 5.32 Å². The molecule has 0 aliphatic rings. The molecule has 152 valence electrons. The fourth-order valence-electron chi connectivity index (χ4n) is 2.89. The maximum absolute atomic E-state index is 14.3. The Morgan fingerprint density at radius 2 is 1.86 bits per heavy atom. The molecule has 29 heavy (non-hydrogen) atoms. The summed E-state index contributed by atoms with van der Waals surface area (Å²) in [6.07, 6.45) is 0. The average Bonchev–Trinajstić information content (AvgIpc) is 2.65. The summed E-state index contributed by atoms with van der Waals surface area (Å²) in [6.45, 7) is 3.84. The number of benzene rings is 2. The standard InChI is InChI=1S/C20H18ClF2N3O3/c1-11(2)9-24-18(27)10-25-17-7-12(21)3-5-14(17)19(28)26(20(25)29)16-6-4-13(22)8-15(16)23/h3-8,11H,9-10H2,1-2H3,(H,24,27). The summed E-state index contributed by atoms with van der Waals surface area (Å²) in [7, 11) is 0. The van der Waals surface area contributed by atoms with Gasteiger partial charge in [0.1, 0.15) is 18.2 Å². The van der Waals surface area contributed by atoms with Crippen molar-refractivity contribution in [2.24, 2.45) is 5.92 Å². The molecule has 1 aromatic heterocycles. The molecule has 3 aromatic rings. The van der Waals surface area contributed by atoms with Crippen molar-refractivity contribution in [3.05, 3.63) is 73.9 Å². The minimum atomic E-state index is -1.08. The van der Waals surface area contributed by atoms with Crippen LogP contribution in [0.4, 0.5) is 8.78 Å². The van der Waals surface area contributed by atoms with E-state index in [1.807, 2.05) is 13.8 Å². The summed E-state index contributed by atoms with van der Waals surface area (Å²) in [5, 5.41) is 3.01. The normalized spacial score (nSPS) is 11.2. The van der Waals surface area contributed by atoms with Crippen LogP contribution in [0, 0.1) is 17.6 Å². The third-order valence-electron chi connectivity index (χ3n) is 4.27. The Labute approximate surface area is 169 Å². The molecule has 0 radical (unpaired) electrons. The number of nitrogens with zero attached hydrogens (tertiary/aromatic N) is 2. The van der Waals surface area contributed by atoms with E-state index in [1.165, 1.54) is 18.2 Å². The first-order chi connectivity index (χ1) is 13.7. The van der Waals surface area contributed by atoms with E-state index in [4.69, 9.17) is 11.6 Å². The van der Waals surface area contributed by atoms with Gasteiger partial charge in [-0.2, -0.15) is 0 Å². The van der Waals surface area contributed by atoms with E-state index in [1.54, 1.807) is 0 Å². The van der Waals surface area contributed by atoms with Crippen LogP contribution in [-0.4, -0.2) is 21.6 Å². The molecule has 0 aliphatic heterocycles. The van der Waals surface area contributed by atoms with Crippen molar-refractivity contribution >= 4 is 28.4 Å². The van der Waals surface area contributed by atoms with Gasteiger partial charge in [-0.1, -0.05) is 25.4 Å². The molecule has 9 heteroatoms. The molecule has 0 fully saturated rings. The highest BCUT2D eigenvalue weighted by molar-refractivity contribution is 6.31. The van der Waals surface area contributed by atoms with Crippen LogP contribution in [-0.2, 0) is 11.3 Å². The van der Waals surface area contributed by atoms with Crippen LogP contribution >= 0.6 is 11.6 Å². The summed E-state index contributed by atoms with van der Waals surface area (Å²) < 4.78 is 29.2. The first-order valence-corrected chi connectivity index (χ1v) is 9.24. The molecule has 0 aliphatic carbocycles. The van der Waals surface area contributed by atoms with Crippen molar-refractivity contribution in [2.75, 3.05) is 6.54 Å². The number of hydrogen-bond acceptors (Lipinski definition) is 3. The highest BCUT2D eigenvalue weighted by atomic mass is 35.5. The van der Waals surface area contributed by atoms with Crippen LogP contribution in [0.25, 0.3) is 16.6 Å². The lowest BCUT2D eigenvalue weighted by molar-refractivity contribution is -0.121. The Morgan fingerprint density at radius 3 is 2.52 bits per heavy atom. The molecular weight excluding hydrogens is 404 g/mol. The molecule has 0 bridgehead atoms. The number of carbonyl (C=O) groups excluding carboxylic acids is 1. The summed E-state index contributed by atoms with van der Waals surface area (Å²) in [5.41, 5.74) is -2.00. The Kier molecular flexibility index (Phi) is 5.83. The predicted octanol–water partition coefficient (Wildman–Crippen LogP) is 2.86. The van der Waals surface area contributed by atoms with Crippen molar-refractivity contribution in [1.29, 1.82) is 0 Å². The van der Waals surface area contributed by atoms with Crippen molar-refractivity contribution in [3.63, 3.8) is 0 Å². The molecule has 0 saturated heterocycles. The minimum Gasteiger partial charge on any atom is -0.354 e. The zero-order valence-electron chi connectivity index (χ0n) is 15.7. The number of rotatable bonds is 5. The fourth-order valence-corrected chi connectivity index (χ4v) is 3.05. The van der Waals surface area contributed by atoms with Crippen LogP contribution in [0.5, 0.6) is 0 Å². The quantitative estimate of drug-likeness (QED) is 0.688. The van der Waals surface area contributed by atoms with Crippen LogP contribution in [0.15, 0.2) is 46.0 Å². The van der Waals surface area contributed by atoms with Gasteiger partial charge in [-0.25, -0.2) is 18.1 Å². The zero-order chi connectivity index (χ0) is 21.3. The number of aromatic nitrogens is 2. The third-order valence-corrected chi connectivity index (χ3v) is 4.50. The van der Waals surface area contributed by atoms with Crippen LogP contribution in [0.2, 0.25) is 5.02 Å². The first-order valence-electron chi connectivity index (χ1n) is 8.86. The maximum atomic E-state index is 14.3. The third kappa shape index (κ3) is 4.22. The molecule has 1 amide bonds. The second-order valence-electron chi connectivity index (χ2n) is 6.96. The molecular formula is C20H18ClF2N3O3. The largest absolute Gasteiger partial charge is 0.354 e. The molecule has 0 unspecified atom stereocenters. The van der Waals surface area contributed by atoms with E-state index in [9.17, 15) is 23.2 Å². The van der Waals surface area contributed by atoms with Gasteiger partial charge < -0.3 is 5.32 Å². The molecule has 3 rings (SSSR count). The van der Waals surface area contributed by atoms with Crippen molar-refractivity contribution in [2.45, 2.75) is 20.4 Å². The number of nitrogens with one attached hydrogen (secondary N) is 1. The number of fused-ring (bicyclic) bond motifs is 1. The average molecular weight is 422 g/mol. The van der Waals surface area contributed by atoms with Gasteiger partial charge in [0.15, 0.2) is 0 Å². The Morgan fingerprint density at radius 1 is 1.14 bits per heavy atom. The second-order valence-corrected chi connectivity index (χ2v) is 7.40. The van der Waals surface area contributed by atoms with E-state index >= 15 is 0 Å². The highest BCUT2D eigenvalue weighted by Crippen LogP contribution is 2.18. The minimum absolute atomic E-state index is 0.0642. The van der Waals surface area contributed by atoms with Gasteiger partial charge in [0.25, 0.3) is 5.56 Å². The summed E-state index contributed by atoms with van der Waals surface area (Å²) in [4.78, 5) is 38.3. The SMILES string of the molecule is CC(C)CNC(=O)Cn1c(=O)n(-c2ccc(F)cc2F)c(=O)c2ccc(Cl)cc21. The number of halogens is 3. The van der Waals surface area contributed by atoms with Gasteiger partial charge in [0, 0.05) is 17.6 Å². The second kappa shape index (κ2) is 8.16. The molecule has 6 nitrogen and oxygen atoms in total. The number of hydrogen-bond donors (Lipinski definition) is 1. The lowest BCUT2D eigenvalue weighted by Gasteiger charge is -2.15. The topological polar surface area (TPSA) is 73.1 Å². The van der Waals surface area contributed by atoms with E-state index < -0.39 is 41.0 Å². The van der Waals surface area contributed by atoms with Crippen molar-refractivity contribution in [1.82, 2.24) is 14.5 Å².